The van der Waals surface area contributed by atoms with Crippen LogP contribution in [0.25, 0.3) is 0 Å². The van der Waals surface area contributed by atoms with Crippen molar-refractivity contribution in [2.75, 3.05) is 40.0 Å². The molecule has 0 saturated carbocycles. The van der Waals surface area contributed by atoms with Gasteiger partial charge in [-0.05, 0) is 44.2 Å². The highest BCUT2D eigenvalue weighted by atomic mass is 16.5. The first kappa shape index (κ1) is 18.5. The van der Waals surface area contributed by atoms with E-state index >= 15 is 0 Å². The minimum Gasteiger partial charge on any atom is -0.497 e. The summed E-state index contributed by atoms with van der Waals surface area (Å²) in [6.07, 6.45) is 0. The number of benzene rings is 1. The first-order valence-corrected chi connectivity index (χ1v) is 9.00. The van der Waals surface area contributed by atoms with E-state index in [-0.39, 0.29) is 11.9 Å². The number of carbonyl (C=O) groups excluding carboxylic acids is 1. The van der Waals surface area contributed by atoms with Crippen LogP contribution in [-0.4, -0.2) is 45.9 Å². The van der Waals surface area contributed by atoms with E-state index in [1.54, 1.807) is 13.2 Å². The van der Waals surface area contributed by atoms with E-state index in [1.807, 2.05) is 26.0 Å². The molecule has 1 atom stereocenters. The van der Waals surface area contributed by atoms with Gasteiger partial charge in [-0.1, -0.05) is 0 Å². The number of ether oxygens (including phenoxy) is 2. The lowest BCUT2D eigenvalue weighted by Crippen LogP contribution is -3.15. The summed E-state index contributed by atoms with van der Waals surface area (Å²) in [5, 5.41) is 3.09. The number of carbonyl (C=O) groups is 1. The van der Waals surface area contributed by atoms with Crippen LogP contribution >= 0.6 is 0 Å². The van der Waals surface area contributed by atoms with E-state index in [1.165, 1.54) is 10.5 Å². The molecule has 0 bridgehead atoms. The largest absolute Gasteiger partial charge is 0.497 e. The highest BCUT2D eigenvalue weighted by molar-refractivity contribution is 5.95. The van der Waals surface area contributed by atoms with Crippen molar-refractivity contribution in [2.45, 2.75) is 19.9 Å². The third kappa shape index (κ3) is 4.26. The van der Waals surface area contributed by atoms with Crippen LogP contribution in [0.5, 0.6) is 5.75 Å². The first-order chi connectivity index (χ1) is 12.6. The van der Waals surface area contributed by atoms with Gasteiger partial charge in [0.05, 0.1) is 32.4 Å². The number of methoxy groups -OCH3 is 1. The summed E-state index contributed by atoms with van der Waals surface area (Å²) in [6.45, 7) is 7.57. The number of nitrogens with one attached hydrogen (secondary N) is 2. The third-order valence-electron chi connectivity index (χ3n) is 4.90. The van der Waals surface area contributed by atoms with Crippen molar-refractivity contribution in [3.8, 4) is 5.75 Å². The maximum atomic E-state index is 12.6. The average Bonchev–Trinajstić information content (AvgIpc) is 3.01. The molecule has 0 unspecified atom stereocenters. The van der Waals surface area contributed by atoms with Crippen LogP contribution in [-0.2, 0) is 4.74 Å². The molecule has 0 spiro atoms. The average molecular weight is 359 g/mol. The molecule has 1 fully saturated rings. The highest BCUT2D eigenvalue weighted by Crippen LogP contribution is 2.17. The maximum absolute atomic E-state index is 12.6. The molecule has 3 rings (SSSR count). The van der Waals surface area contributed by atoms with Crippen LogP contribution in [0.1, 0.15) is 33.5 Å². The molecule has 1 saturated heterocycles. The van der Waals surface area contributed by atoms with Crippen molar-refractivity contribution >= 4 is 5.91 Å². The van der Waals surface area contributed by atoms with Crippen molar-refractivity contribution in [1.82, 2.24) is 5.32 Å². The molecular formula is C20H27N2O4+. The fourth-order valence-electron chi connectivity index (χ4n) is 3.46. The first-order valence-electron chi connectivity index (χ1n) is 9.00. The van der Waals surface area contributed by atoms with Crippen molar-refractivity contribution < 1.29 is 23.6 Å². The van der Waals surface area contributed by atoms with Gasteiger partial charge in [-0.15, -0.1) is 0 Å². The normalized spacial score (nSPS) is 16.3. The molecule has 1 aliphatic heterocycles. The number of hydrogen-bond acceptors (Lipinski definition) is 4. The third-order valence-corrected chi connectivity index (χ3v) is 4.90. The van der Waals surface area contributed by atoms with Gasteiger partial charge >= 0.3 is 0 Å². The van der Waals surface area contributed by atoms with Gasteiger partial charge < -0.3 is 24.1 Å². The Bertz CT molecular complexity index is 733. The lowest BCUT2D eigenvalue weighted by Gasteiger charge is -2.32. The van der Waals surface area contributed by atoms with Gasteiger partial charge in [0.2, 0.25) is 0 Å². The molecule has 0 radical (unpaired) electrons. The molecule has 6 heteroatoms. The number of rotatable bonds is 6. The second kappa shape index (κ2) is 8.38. The molecule has 2 aromatic rings. The van der Waals surface area contributed by atoms with Gasteiger partial charge in [0.15, 0.2) is 0 Å². The number of quaternary nitrogens is 1. The second-order valence-corrected chi connectivity index (χ2v) is 6.63. The Kier molecular flexibility index (Phi) is 5.96. The Morgan fingerprint density at radius 2 is 1.92 bits per heavy atom. The summed E-state index contributed by atoms with van der Waals surface area (Å²) in [4.78, 5) is 14.0. The van der Waals surface area contributed by atoms with Gasteiger partial charge in [0.1, 0.15) is 36.4 Å². The molecule has 1 aromatic heterocycles. The van der Waals surface area contributed by atoms with Gasteiger partial charge in [-0.25, -0.2) is 0 Å². The summed E-state index contributed by atoms with van der Waals surface area (Å²) >= 11 is 0. The fourth-order valence-corrected chi connectivity index (χ4v) is 3.46. The summed E-state index contributed by atoms with van der Waals surface area (Å²) in [7, 11) is 1.66. The van der Waals surface area contributed by atoms with Crippen molar-refractivity contribution in [2.24, 2.45) is 0 Å². The van der Waals surface area contributed by atoms with E-state index in [4.69, 9.17) is 13.9 Å². The SMILES string of the molecule is COc1ccc([C@@H](CNC(=O)c2cc(C)oc2C)[NH+]2CCOCC2)cc1. The molecule has 26 heavy (non-hydrogen) atoms. The minimum atomic E-state index is -0.0921. The predicted octanol–water partition coefficient (Wildman–Crippen LogP) is 1.29. The quantitative estimate of drug-likeness (QED) is 0.816. The zero-order valence-corrected chi connectivity index (χ0v) is 15.6. The lowest BCUT2D eigenvalue weighted by molar-refractivity contribution is -0.937. The molecule has 140 valence electrons. The number of morpholine rings is 1. The van der Waals surface area contributed by atoms with Crippen LogP contribution in [0.15, 0.2) is 34.7 Å². The number of aryl methyl sites for hydroxylation is 2. The van der Waals surface area contributed by atoms with E-state index in [9.17, 15) is 4.79 Å². The van der Waals surface area contributed by atoms with E-state index < -0.39 is 0 Å². The number of amides is 1. The minimum absolute atomic E-state index is 0.0921. The standard InChI is InChI=1S/C20H26N2O4/c1-14-12-18(15(2)26-14)20(23)21-13-19(22-8-10-25-11-9-22)16-4-6-17(24-3)7-5-16/h4-7,12,19H,8-11,13H2,1-3H3,(H,21,23)/p+1/t19-/m1/s1. The van der Waals surface area contributed by atoms with E-state index in [2.05, 4.69) is 17.4 Å². The fraction of sp³-hybridized carbons (Fsp3) is 0.450. The molecule has 1 aliphatic rings. The van der Waals surface area contributed by atoms with Crippen LogP contribution in [0, 0.1) is 13.8 Å². The Balaban J connectivity index is 1.74. The molecule has 2 N–H and O–H groups in total. The molecule has 2 heterocycles. The van der Waals surface area contributed by atoms with Gasteiger partial charge in [-0.2, -0.15) is 0 Å². The zero-order chi connectivity index (χ0) is 18.5. The highest BCUT2D eigenvalue weighted by Gasteiger charge is 2.27. The Morgan fingerprint density at radius 1 is 1.23 bits per heavy atom. The van der Waals surface area contributed by atoms with Crippen molar-refractivity contribution in [3.63, 3.8) is 0 Å². The molecule has 1 amide bonds. The molecule has 1 aromatic carbocycles. The van der Waals surface area contributed by atoms with Gasteiger partial charge in [0, 0.05) is 5.56 Å². The summed E-state index contributed by atoms with van der Waals surface area (Å²) in [5.74, 6) is 2.14. The lowest BCUT2D eigenvalue weighted by atomic mass is 10.0. The Labute approximate surface area is 154 Å². The monoisotopic (exact) mass is 359 g/mol. The smallest absolute Gasteiger partial charge is 0.255 e. The van der Waals surface area contributed by atoms with E-state index in [0.717, 1.165) is 37.8 Å². The topological polar surface area (TPSA) is 65.1 Å². The summed E-state index contributed by atoms with van der Waals surface area (Å²) in [6, 6.07) is 10.0. The molecule has 0 aliphatic carbocycles. The molecule has 6 nitrogen and oxygen atoms in total. The van der Waals surface area contributed by atoms with Gasteiger partial charge in [-0.3, -0.25) is 4.79 Å². The molecular weight excluding hydrogens is 332 g/mol. The number of hydrogen-bond donors (Lipinski definition) is 2. The predicted molar refractivity (Wildman–Crippen MR) is 97.8 cm³/mol. The summed E-state index contributed by atoms with van der Waals surface area (Å²) in [5.41, 5.74) is 1.79. The van der Waals surface area contributed by atoms with Crippen LogP contribution < -0.4 is 15.0 Å². The van der Waals surface area contributed by atoms with Crippen LogP contribution in [0.2, 0.25) is 0 Å². The Hall–Kier alpha value is -2.31. The number of furan rings is 1. The van der Waals surface area contributed by atoms with Crippen molar-refractivity contribution in [1.29, 1.82) is 0 Å². The van der Waals surface area contributed by atoms with Crippen LogP contribution in [0.4, 0.5) is 0 Å². The second-order valence-electron chi connectivity index (χ2n) is 6.63. The Morgan fingerprint density at radius 3 is 2.50 bits per heavy atom. The van der Waals surface area contributed by atoms with Gasteiger partial charge in [0.25, 0.3) is 5.91 Å². The van der Waals surface area contributed by atoms with Crippen molar-refractivity contribution in [3.05, 3.63) is 53.0 Å². The summed E-state index contributed by atoms with van der Waals surface area (Å²) < 4.78 is 16.2. The zero-order valence-electron chi connectivity index (χ0n) is 15.6. The van der Waals surface area contributed by atoms with Crippen LogP contribution in [0.3, 0.4) is 0 Å². The maximum Gasteiger partial charge on any atom is 0.255 e. The van der Waals surface area contributed by atoms with E-state index in [0.29, 0.717) is 17.9 Å².